The molecular weight excluding hydrogens is 252 g/mol. The van der Waals surface area contributed by atoms with E-state index in [1.807, 2.05) is 18.2 Å². The van der Waals surface area contributed by atoms with Gasteiger partial charge >= 0.3 is 0 Å². The van der Waals surface area contributed by atoms with Gasteiger partial charge in [-0.05, 0) is 49.8 Å². The summed E-state index contributed by atoms with van der Waals surface area (Å²) in [5.74, 6) is 1.59. The van der Waals surface area contributed by atoms with E-state index < -0.39 is 0 Å². The van der Waals surface area contributed by atoms with E-state index >= 15 is 0 Å². The molecule has 110 valence electrons. The summed E-state index contributed by atoms with van der Waals surface area (Å²) < 4.78 is 5.39. The molecule has 20 heavy (non-hydrogen) atoms. The predicted octanol–water partition coefficient (Wildman–Crippen LogP) is 3.64. The molecule has 0 radical (unpaired) electrons. The molecule has 1 fully saturated rings. The summed E-state index contributed by atoms with van der Waals surface area (Å²) in [5, 5.41) is 6.36. The molecule has 4 nitrogen and oxygen atoms in total. The fourth-order valence-electron chi connectivity index (χ4n) is 2.73. The third kappa shape index (κ3) is 3.89. The van der Waals surface area contributed by atoms with Gasteiger partial charge < -0.3 is 15.4 Å². The minimum atomic E-state index is -0.0624. The summed E-state index contributed by atoms with van der Waals surface area (Å²) in [4.78, 5) is 11.1. The van der Waals surface area contributed by atoms with Crippen molar-refractivity contribution in [1.29, 1.82) is 0 Å². The van der Waals surface area contributed by atoms with Crippen LogP contribution in [-0.4, -0.2) is 19.1 Å². The number of ether oxygens (including phenoxy) is 1. The Kier molecular flexibility index (Phi) is 4.88. The van der Waals surface area contributed by atoms with E-state index in [1.54, 1.807) is 7.11 Å². The number of benzene rings is 1. The van der Waals surface area contributed by atoms with Crippen molar-refractivity contribution < 1.29 is 9.53 Å². The van der Waals surface area contributed by atoms with Gasteiger partial charge in [-0.25, -0.2) is 0 Å². The van der Waals surface area contributed by atoms with E-state index in [9.17, 15) is 4.79 Å². The second kappa shape index (κ2) is 6.64. The number of carbonyl (C=O) groups is 1. The normalized spacial score (nSPS) is 22.1. The van der Waals surface area contributed by atoms with Crippen LogP contribution in [0.1, 0.15) is 39.5 Å². The van der Waals surface area contributed by atoms with Crippen LogP contribution >= 0.6 is 0 Å². The molecule has 0 aliphatic heterocycles. The first-order chi connectivity index (χ1) is 9.58. The zero-order valence-electron chi connectivity index (χ0n) is 12.5. The lowest BCUT2D eigenvalue weighted by Gasteiger charge is -2.28. The number of hydrogen-bond donors (Lipinski definition) is 2. The highest BCUT2D eigenvalue weighted by Crippen LogP contribution is 2.32. The Balaban J connectivity index is 2.09. The zero-order chi connectivity index (χ0) is 14.5. The maximum Gasteiger partial charge on any atom is 0.221 e. The molecule has 2 rings (SSSR count). The van der Waals surface area contributed by atoms with Crippen LogP contribution in [0.15, 0.2) is 18.2 Å². The van der Waals surface area contributed by atoms with Gasteiger partial charge in [-0.2, -0.15) is 0 Å². The number of anilines is 2. The summed E-state index contributed by atoms with van der Waals surface area (Å²) in [5.41, 5.74) is 1.75. The number of methoxy groups -OCH3 is 1. The minimum absolute atomic E-state index is 0.0624. The average Bonchev–Trinajstić information content (AvgIpc) is 2.41. The summed E-state index contributed by atoms with van der Waals surface area (Å²) in [6, 6.07) is 6.18. The SMILES string of the molecule is COc1ccc(NC(C)=O)cc1NC1CCC(C)CC1. The van der Waals surface area contributed by atoms with Crippen LogP contribution in [-0.2, 0) is 4.79 Å². The molecule has 0 heterocycles. The fraction of sp³-hybridized carbons (Fsp3) is 0.562. The van der Waals surface area contributed by atoms with E-state index in [0.717, 1.165) is 23.0 Å². The molecule has 1 aliphatic rings. The molecule has 1 aliphatic carbocycles. The molecule has 1 saturated carbocycles. The number of hydrogen-bond acceptors (Lipinski definition) is 3. The quantitative estimate of drug-likeness (QED) is 0.882. The van der Waals surface area contributed by atoms with Gasteiger partial charge in [0.25, 0.3) is 0 Å². The first-order valence-electron chi connectivity index (χ1n) is 7.30. The molecule has 0 saturated heterocycles. The molecule has 0 bridgehead atoms. The van der Waals surface area contributed by atoms with Crippen LogP contribution in [0.2, 0.25) is 0 Å². The van der Waals surface area contributed by atoms with Crippen LogP contribution in [0, 0.1) is 5.92 Å². The third-order valence-electron chi connectivity index (χ3n) is 3.90. The molecular formula is C16H24N2O2. The van der Waals surface area contributed by atoms with E-state index in [4.69, 9.17) is 4.74 Å². The van der Waals surface area contributed by atoms with Gasteiger partial charge in [-0.3, -0.25) is 4.79 Å². The summed E-state index contributed by atoms with van der Waals surface area (Å²) in [7, 11) is 1.67. The van der Waals surface area contributed by atoms with Crippen molar-refractivity contribution in [2.75, 3.05) is 17.7 Å². The topological polar surface area (TPSA) is 50.4 Å². The van der Waals surface area contributed by atoms with Gasteiger partial charge in [0.1, 0.15) is 5.75 Å². The number of nitrogens with one attached hydrogen (secondary N) is 2. The van der Waals surface area contributed by atoms with Crippen molar-refractivity contribution in [2.45, 2.75) is 45.6 Å². The standard InChI is InChI=1S/C16H24N2O2/c1-11-4-6-13(7-5-11)18-15-10-14(17-12(2)19)8-9-16(15)20-3/h8-11,13,18H,4-7H2,1-3H3,(H,17,19). The molecule has 1 amide bonds. The summed E-state index contributed by atoms with van der Waals surface area (Å²) in [6.07, 6.45) is 4.92. The van der Waals surface area contributed by atoms with Gasteiger partial charge in [-0.15, -0.1) is 0 Å². The van der Waals surface area contributed by atoms with Crippen molar-refractivity contribution in [1.82, 2.24) is 0 Å². The van der Waals surface area contributed by atoms with Gasteiger partial charge in [0, 0.05) is 18.7 Å². The lowest BCUT2D eigenvalue weighted by atomic mass is 9.87. The van der Waals surface area contributed by atoms with Crippen molar-refractivity contribution in [3.8, 4) is 5.75 Å². The van der Waals surface area contributed by atoms with Crippen LogP contribution in [0.4, 0.5) is 11.4 Å². The zero-order valence-corrected chi connectivity index (χ0v) is 12.5. The maximum absolute atomic E-state index is 11.1. The molecule has 0 aromatic heterocycles. The largest absolute Gasteiger partial charge is 0.495 e. The van der Waals surface area contributed by atoms with Gasteiger partial charge in [0.15, 0.2) is 0 Å². The lowest BCUT2D eigenvalue weighted by molar-refractivity contribution is -0.114. The number of amides is 1. The van der Waals surface area contributed by atoms with Crippen molar-refractivity contribution in [3.63, 3.8) is 0 Å². The fourth-order valence-corrected chi connectivity index (χ4v) is 2.73. The van der Waals surface area contributed by atoms with E-state index in [0.29, 0.717) is 6.04 Å². The van der Waals surface area contributed by atoms with Crippen LogP contribution < -0.4 is 15.4 Å². The highest BCUT2D eigenvalue weighted by molar-refractivity contribution is 5.89. The van der Waals surface area contributed by atoms with Crippen LogP contribution in [0.5, 0.6) is 5.75 Å². The van der Waals surface area contributed by atoms with Gasteiger partial charge in [-0.1, -0.05) is 6.92 Å². The Labute approximate surface area is 120 Å². The van der Waals surface area contributed by atoms with Crippen molar-refractivity contribution in [3.05, 3.63) is 18.2 Å². The Morgan fingerprint density at radius 2 is 1.95 bits per heavy atom. The van der Waals surface area contributed by atoms with Gasteiger partial charge in [0.2, 0.25) is 5.91 Å². The van der Waals surface area contributed by atoms with Gasteiger partial charge in [0.05, 0.1) is 12.8 Å². The average molecular weight is 276 g/mol. The van der Waals surface area contributed by atoms with Crippen LogP contribution in [0.25, 0.3) is 0 Å². The highest BCUT2D eigenvalue weighted by Gasteiger charge is 2.19. The smallest absolute Gasteiger partial charge is 0.221 e. The first kappa shape index (κ1) is 14.7. The monoisotopic (exact) mass is 276 g/mol. The lowest BCUT2D eigenvalue weighted by Crippen LogP contribution is -2.25. The third-order valence-corrected chi connectivity index (χ3v) is 3.90. The molecule has 4 heteroatoms. The molecule has 0 spiro atoms. The second-order valence-corrected chi connectivity index (χ2v) is 5.70. The number of carbonyl (C=O) groups excluding carboxylic acids is 1. The van der Waals surface area contributed by atoms with Crippen molar-refractivity contribution in [2.24, 2.45) is 5.92 Å². The highest BCUT2D eigenvalue weighted by atomic mass is 16.5. The van der Waals surface area contributed by atoms with E-state index in [2.05, 4.69) is 17.6 Å². The summed E-state index contributed by atoms with van der Waals surface area (Å²) in [6.45, 7) is 3.83. The minimum Gasteiger partial charge on any atom is -0.495 e. The molecule has 1 aromatic carbocycles. The molecule has 0 unspecified atom stereocenters. The van der Waals surface area contributed by atoms with Crippen molar-refractivity contribution >= 4 is 17.3 Å². The van der Waals surface area contributed by atoms with E-state index in [1.165, 1.54) is 32.6 Å². The predicted molar refractivity (Wildman–Crippen MR) is 82.3 cm³/mol. The first-order valence-corrected chi connectivity index (χ1v) is 7.30. The summed E-state index contributed by atoms with van der Waals surface area (Å²) >= 11 is 0. The molecule has 2 N–H and O–H groups in total. The van der Waals surface area contributed by atoms with Crippen LogP contribution in [0.3, 0.4) is 0 Å². The Bertz CT molecular complexity index is 466. The Morgan fingerprint density at radius 3 is 2.55 bits per heavy atom. The molecule has 0 atom stereocenters. The second-order valence-electron chi connectivity index (χ2n) is 5.70. The number of rotatable bonds is 4. The molecule has 1 aromatic rings. The maximum atomic E-state index is 11.1. The Hall–Kier alpha value is -1.71. The van der Waals surface area contributed by atoms with E-state index in [-0.39, 0.29) is 5.91 Å². The Morgan fingerprint density at radius 1 is 1.25 bits per heavy atom.